The van der Waals surface area contributed by atoms with Gasteiger partial charge in [-0.1, -0.05) is 11.8 Å². The molecule has 1 fully saturated rings. The van der Waals surface area contributed by atoms with E-state index >= 15 is 0 Å². The third-order valence-corrected chi connectivity index (χ3v) is 1.73. The van der Waals surface area contributed by atoms with E-state index in [2.05, 4.69) is 16.7 Å². The zero-order chi connectivity index (χ0) is 8.10. The Bertz CT molecular complexity index is 179. The van der Waals surface area contributed by atoms with E-state index in [9.17, 15) is 0 Å². The van der Waals surface area contributed by atoms with Crippen LogP contribution in [0.1, 0.15) is 0 Å². The Kier molecular flexibility index (Phi) is 2.98. The highest BCUT2D eigenvalue weighted by Crippen LogP contribution is 2.08. The summed E-state index contributed by atoms with van der Waals surface area (Å²) >= 11 is 0. The molecule has 1 saturated heterocycles. The van der Waals surface area contributed by atoms with Crippen LogP contribution in [0.15, 0.2) is 0 Å². The summed E-state index contributed by atoms with van der Waals surface area (Å²) in [6.45, 7) is 2.78. The molecule has 11 heavy (non-hydrogen) atoms. The summed E-state index contributed by atoms with van der Waals surface area (Å²) in [5, 5.41) is 0. The van der Waals surface area contributed by atoms with Gasteiger partial charge < -0.3 is 4.74 Å². The molecule has 58 valence electrons. The maximum Gasteiger partial charge on any atom is 0.0645 e. The molecule has 0 N–H and O–H groups in total. The molecule has 0 aliphatic carbocycles. The van der Waals surface area contributed by atoms with Crippen molar-refractivity contribution in [3.63, 3.8) is 0 Å². The summed E-state index contributed by atoms with van der Waals surface area (Å²) in [6.07, 6.45) is 10.4. The second-order valence-corrected chi connectivity index (χ2v) is 2.50. The highest BCUT2D eigenvalue weighted by Gasteiger charge is 2.24. The third kappa shape index (κ3) is 1.98. The predicted octanol–water partition coefficient (Wildman–Crippen LogP) is -0.0464. The van der Waals surface area contributed by atoms with Crippen LogP contribution < -0.4 is 0 Å². The molecule has 0 aromatic rings. The van der Waals surface area contributed by atoms with Gasteiger partial charge in [-0.3, -0.25) is 4.90 Å². The zero-order valence-corrected chi connectivity index (χ0v) is 6.42. The van der Waals surface area contributed by atoms with Crippen molar-refractivity contribution in [1.29, 1.82) is 0 Å². The topological polar surface area (TPSA) is 12.5 Å². The maximum absolute atomic E-state index is 5.18. The number of ether oxygens (including phenoxy) is 1. The second kappa shape index (κ2) is 4.03. The number of hydrogen-bond acceptors (Lipinski definition) is 2. The average molecular weight is 149 g/mol. The van der Waals surface area contributed by atoms with Gasteiger partial charge in [0.1, 0.15) is 0 Å². The molecule has 1 aliphatic heterocycles. The smallest absolute Gasteiger partial charge is 0.0645 e. The largest absolute Gasteiger partial charge is 0.378 e. The van der Waals surface area contributed by atoms with Crippen LogP contribution >= 0.6 is 0 Å². The number of terminal acetylenes is 2. The van der Waals surface area contributed by atoms with Gasteiger partial charge in [0.15, 0.2) is 0 Å². The van der Waals surface area contributed by atoms with Gasteiger partial charge in [-0.2, -0.15) is 0 Å². The first-order chi connectivity index (χ1) is 5.38. The molecule has 0 spiro atoms. The monoisotopic (exact) mass is 149 g/mol. The Morgan fingerprint density at radius 1 is 1.27 bits per heavy atom. The van der Waals surface area contributed by atoms with E-state index in [-0.39, 0.29) is 0 Å². The Labute approximate surface area is 67.5 Å². The van der Waals surface area contributed by atoms with Gasteiger partial charge in [-0.05, 0) is 0 Å². The van der Waals surface area contributed by atoms with Crippen LogP contribution in [0, 0.1) is 24.7 Å². The van der Waals surface area contributed by atoms with E-state index in [0.717, 1.165) is 13.2 Å². The van der Waals surface area contributed by atoms with Crippen LogP contribution in [-0.4, -0.2) is 37.2 Å². The van der Waals surface area contributed by atoms with Gasteiger partial charge in [0.05, 0.1) is 32.3 Å². The Balaban J connectivity index is 2.33. The van der Waals surface area contributed by atoms with Crippen molar-refractivity contribution in [2.24, 2.45) is 0 Å². The number of nitrogens with zero attached hydrogens (tertiary/aromatic N) is 1. The van der Waals surface area contributed by atoms with E-state index in [1.54, 1.807) is 0 Å². The molecule has 0 radical (unpaired) electrons. The minimum absolute atomic E-state index is 0.446. The lowest BCUT2D eigenvalue weighted by molar-refractivity contribution is -0.0560. The summed E-state index contributed by atoms with van der Waals surface area (Å²) in [6, 6.07) is 0.446. The lowest BCUT2D eigenvalue weighted by atomic mass is 10.2. The van der Waals surface area contributed by atoms with Gasteiger partial charge in [0.25, 0.3) is 0 Å². The van der Waals surface area contributed by atoms with E-state index in [0.29, 0.717) is 19.1 Å². The fraction of sp³-hybridized carbons (Fsp3) is 0.556. The fourth-order valence-corrected chi connectivity index (χ4v) is 0.983. The minimum Gasteiger partial charge on any atom is -0.378 e. The van der Waals surface area contributed by atoms with E-state index in [1.807, 2.05) is 0 Å². The minimum atomic E-state index is 0.446. The lowest BCUT2D eigenvalue weighted by Gasteiger charge is -2.34. The molecule has 0 bridgehead atoms. The highest BCUT2D eigenvalue weighted by molar-refractivity contribution is 4.97. The van der Waals surface area contributed by atoms with Crippen LogP contribution in [0.25, 0.3) is 0 Å². The Hall–Kier alpha value is -0.960. The van der Waals surface area contributed by atoms with Crippen molar-refractivity contribution >= 4 is 0 Å². The predicted molar refractivity (Wildman–Crippen MR) is 43.8 cm³/mol. The van der Waals surface area contributed by atoms with Crippen LogP contribution in [0.5, 0.6) is 0 Å². The molecule has 2 nitrogen and oxygen atoms in total. The molecule has 1 aliphatic rings. The van der Waals surface area contributed by atoms with Crippen LogP contribution in [0.2, 0.25) is 0 Å². The normalized spacial score (nSPS) is 17.0. The first-order valence-corrected chi connectivity index (χ1v) is 3.57. The molecular weight excluding hydrogens is 138 g/mol. The summed E-state index contributed by atoms with van der Waals surface area (Å²) in [4.78, 5) is 2.07. The highest BCUT2D eigenvalue weighted by atomic mass is 16.5. The molecule has 1 rings (SSSR count). The number of hydrogen-bond donors (Lipinski definition) is 0. The first kappa shape index (κ1) is 8.14. The molecule has 0 aromatic carbocycles. The van der Waals surface area contributed by atoms with Crippen LogP contribution in [0.4, 0.5) is 0 Å². The summed E-state index contributed by atoms with van der Waals surface area (Å²) < 4.78 is 5.03. The first-order valence-electron chi connectivity index (χ1n) is 3.57. The maximum atomic E-state index is 5.18. The van der Waals surface area contributed by atoms with Crippen LogP contribution in [-0.2, 0) is 4.74 Å². The van der Waals surface area contributed by atoms with Gasteiger partial charge in [0.2, 0.25) is 0 Å². The molecule has 0 saturated carbocycles. The van der Waals surface area contributed by atoms with Crippen LogP contribution in [0.3, 0.4) is 0 Å². The van der Waals surface area contributed by atoms with E-state index in [1.165, 1.54) is 0 Å². The molecule has 0 aromatic heterocycles. The van der Waals surface area contributed by atoms with Crippen molar-refractivity contribution in [1.82, 2.24) is 4.90 Å². The molecule has 0 atom stereocenters. The van der Waals surface area contributed by atoms with Crippen molar-refractivity contribution in [2.75, 3.05) is 26.3 Å². The summed E-state index contributed by atoms with van der Waals surface area (Å²) in [5.74, 6) is 5.15. The number of rotatable bonds is 3. The van der Waals surface area contributed by atoms with Gasteiger partial charge >= 0.3 is 0 Å². The average Bonchev–Trinajstić information content (AvgIpc) is 1.85. The molecule has 0 amide bonds. The second-order valence-electron chi connectivity index (χ2n) is 2.50. The Morgan fingerprint density at radius 2 is 1.82 bits per heavy atom. The fourth-order valence-electron chi connectivity index (χ4n) is 0.983. The Morgan fingerprint density at radius 3 is 2.09 bits per heavy atom. The lowest BCUT2D eigenvalue weighted by Crippen LogP contribution is -2.49. The zero-order valence-electron chi connectivity index (χ0n) is 6.42. The van der Waals surface area contributed by atoms with Crippen molar-refractivity contribution in [3.05, 3.63) is 0 Å². The quantitative estimate of drug-likeness (QED) is 0.522. The van der Waals surface area contributed by atoms with Gasteiger partial charge in [-0.15, -0.1) is 12.8 Å². The van der Waals surface area contributed by atoms with Crippen molar-refractivity contribution in [2.45, 2.75) is 6.04 Å². The van der Waals surface area contributed by atoms with Crippen molar-refractivity contribution in [3.8, 4) is 24.7 Å². The van der Waals surface area contributed by atoms with E-state index < -0.39 is 0 Å². The SMILES string of the molecule is C#CCN(CC#C)C1COC1. The molecule has 1 heterocycles. The standard InChI is InChI=1S/C9H11NO/c1-3-5-10(6-4-2)9-7-11-8-9/h1-2,9H,5-8H2. The van der Waals surface area contributed by atoms with Crippen molar-refractivity contribution < 1.29 is 4.74 Å². The summed E-state index contributed by atoms with van der Waals surface area (Å²) in [7, 11) is 0. The third-order valence-electron chi connectivity index (χ3n) is 1.73. The van der Waals surface area contributed by atoms with E-state index in [4.69, 9.17) is 17.6 Å². The summed E-state index contributed by atoms with van der Waals surface area (Å²) in [5.41, 5.74) is 0. The van der Waals surface area contributed by atoms with Gasteiger partial charge in [-0.25, -0.2) is 0 Å². The molecule has 2 heteroatoms. The van der Waals surface area contributed by atoms with Gasteiger partial charge in [0, 0.05) is 0 Å². The molecule has 0 unspecified atom stereocenters. The molecular formula is C9H11NO.